The Labute approximate surface area is 70.3 Å². The molecule has 0 N–H and O–H groups in total. The third kappa shape index (κ3) is 0.943. The standard InChI is InChI=1S/C11H6O/c12-8-7-10-6-5-9-3-1-2-4-11(9)10/h1-6H. The van der Waals surface area contributed by atoms with Crippen LogP contribution in [-0.2, 0) is 4.79 Å². The van der Waals surface area contributed by atoms with E-state index in [-0.39, 0.29) is 0 Å². The van der Waals surface area contributed by atoms with Crippen LogP contribution in [0, 0.1) is 0 Å². The zero-order valence-corrected chi connectivity index (χ0v) is 6.37. The lowest BCUT2D eigenvalue weighted by atomic mass is 10.1. The summed E-state index contributed by atoms with van der Waals surface area (Å²) in [6, 6.07) is 7.88. The average Bonchev–Trinajstić information content (AvgIpc) is 2.50. The largest absolute Gasteiger partial charge is 0.224 e. The van der Waals surface area contributed by atoms with Gasteiger partial charge in [0.25, 0.3) is 0 Å². The Hall–Kier alpha value is -1.81. The Morgan fingerprint density at radius 1 is 1.08 bits per heavy atom. The second kappa shape index (κ2) is 2.67. The molecule has 1 aliphatic rings. The summed E-state index contributed by atoms with van der Waals surface area (Å²) in [5.41, 5.74) is 5.54. The summed E-state index contributed by atoms with van der Waals surface area (Å²) in [5, 5.41) is 0. The fourth-order valence-electron chi connectivity index (χ4n) is 1.31. The van der Waals surface area contributed by atoms with E-state index in [0.29, 0.717) is 0 Å². The first-order chi connectivity index (χ1) is 5.92. The molecule has 0 saturated carbocycles. The number of carbonyl (C=O) groups excluding carboxylic acids is 1. The number of fused-ring (bicyclic) bond motifs is 1. The summed E-state index contributed by atoms with van der Waals surface area (Å²) in [7, 11) is 0. The SMILES string of the molecule is O=C=C=C1C=Cc2ccccc21. The molecule has 0 atom stereocenters. The van der Waals surface area contributed by atoms with Crippen molar-refractivity contribution < 1.29 is 4.79 Å². The van der Waals surface area contributed by atoms with Gasteiger partial charge in [-0.3, -0.25) is 0 Å². The molecular formula is C11H6O. The van der Waals surface area contributed by atoms with Crippen molar-refractivity contribution in [3.63, 3.8) is 0 Å². The lowest BCUT2D eigenvalue weighted by Crippen LogP contribution is -1.77. The van der Waals surface area contributed by atoms with Crippen molar-refractivity contribution in [2.45, 2.75) is 0 Å². The fraction of sp³-hybridized carbons (Fsp3) is 0. The quantitative estimate of drug-likeness (QED) is 0.413. The van der Waals surface area contributed by atoms with Crippen LogP contribution in [0.2, 0.25) is 0 Å². The van der Waals surface area contributed by atoms with Crippen LogP contribution >= 0.6 is 0 Å². The zero-order chi connectivity index (χ0) is 8.39. The Kier molecular flexibility index (Phi) is 1.53. The maximum atomic E-state index is 10.1. The molecule has 0 amide bonds. The maximum absolute atomic E-state index is 10.1. The van der Waals surface area contributed by atoms with Crippen molar-refractivity contribution in [3.8, 4) is 0 Å². The highest BCUT2D eigenvalue weighted by molar-refractivity contribution is 5.91. The van der Waals surface area contributed by atoms with Gasteiger partial charge in [0.05, 0.1) is 0 Å². The van der Waals surface area contributed by atoms with E-state index in [1.165, 1.54) is 0 Å². The van der Waals surface area contributed by atoms with Crippen LogP contribution in [-0.4, -0.2) is 5.94 Å². The van der Waals surface area contributed by atoms with E-state index in [9.17, 15) is 4.79 Å². The minimum Gasteiger partial charge on any atom is -0.224 e. The molecule has 1 nitrogen and oxygen atoms in total. The molecule has 1 heteroatoms. The molecule has 0 aromatic heterocycles. The molecule has 1 aliphatic carbocycles. The van der Waals surface area contributed by atoms with Crippen LogP contribution < -0.4 is 0 Å². The van der Waals surface area contributed by atoms with Crippen LogP contribution in [0.1, 0.15) is 11.1 Å². The molecule has 0 aliphatic heterocycles. The highest BCUT2D eigenvalue weighted by atomic mass is 16.1. The van der Waals surface area contributed by atoms with E-state index in [2.05, 4.69) is 5.73 Å². The Morgan fingerprint density at radius 3 is 2.75 bits per heavy atom. The van der Waals surface area contributed by atoms with Gasteiger partial charge in [-0.2, -0.15) is 0 Å². The van der Waals surface area contributed by atoms with E-state index in [1.807, 2.05) is 36.4 Å². The topological polar surface area (TPSA) is 17.1 Å². The van der Waals surface area contributed by atoms with E-state index >= 15 is 0 Å². The van der Waals surface area contributed by atoms with E-state index in [1.54, 1.807) is 5.94 Å². The Morgan fingerprint density at radius 2 is 1.92 bits per heavy atom. The number of hydrogen-bond acceptors (Lipinski definition) is 1. The summed E-state index contributed by atoms with van der Waals surface area (Å²) >= 11 is 0. The normalized spacial score (nSPS) is 12.2. The average molecular weight is 154 g/mol. The van der Waals surface area contributed by atoms with Crippen molar-refractivity contribution in [1.82, 2.24) is 0 Å². The summed E-state index contributed by atoms with van der Waals surface area (Å²) < 4.78 is 0. The van der Waals surface area contributed by atoms with Crippen molar-refractivity contribution >= 4 is 17.6 Å². The van der Waals surface area contributed by atoms with Crippen LogP contribution in [0.5, 0.6) is 0 Å². The number of rotatable bonds is 0. The van der Waals surface area contributed by atoms with Gasteiger partial charge in [-0.25, -0.2) is 4.79 Å². The van der Waals surface area contributed by atoms with Crippen LogP contribution in [0.15, 0.2) is 36.1 Å². The smallest absolute Gasteiger partial charge is 0.177 e. The second-order valence-electron chi connectivity index (χ2n) is 2.56. The molecule has 0 radical (unpaired) electrons. The van der Waals surface area contributed by atoms with Crippen molar-refractivity contribution in [3.05, 3.63) is 47.2 Å². The van der Waals surface area contributed by atoms with Gasteiger partial charge in [-0.1, -0.05) is 30.3 Å². The van der Waals surface area contributed by atoms with E-state index < -0.39 is 0 Å². The van der Waals surface area contributed by atoms with E-state index in [4.69, 9.17) is 0 Å². The Bertz CT molecular complexity index is 428. The zero-order valence-electron chi connectivity index (χ0n) is 6.37. The van der Waals surface area contributed by atoms with Crippen molar-refractivity contribution in [1.29, 1.82) is 0 Å². The molecule has 1 aromatic rings. The second-order valence-corrected chi connectivity index (χ2v) is 2.56. The first kappa shape index (κ1) is 6.87. The molecule has 2 rings (SSSR count). The monoisotopic (exact) mass is 154 g/mol. The van der Waals surface area contributed by atoms with Gasteiger partial charge in [-0.15, -0.1) is 0 Å². The first-order valence-corrected chi connectivity index (χ1v) is 3.69. The molecule has 12 heavy (non-hydrogen) atoms. The van der Waals surface area contributed by atoms with E-state index in [0.717, 1.165) is 16.7 Å². The molecule has 0 unspecified atom stereocenters. The minimum absolute atomic E-state index is 0.820. The van der Waals surface area contributed by atoms with Crippen molar-refractivity contribution in [2.24, 2.45) is 0 Å². The lowest BCUT2D eigenvalue weighted by molar-refractivity contribution is 0.569. The molecular weight excluding hydrogens is 148 g/mol. The molecule has 0 saturated heterocycles. The minimum atomic E-state index is 0.820. The molecule has 0 bridgehead atoms. The molecule has 0 fully saturated rings. The highest BCUT2D eigenvalue weighted by Gasteiger charge is 2.07. The van der Waals surface area contributed by atoms with Crippen LogP contribution in [0.25, 0.3) is 11.6 Å². The molecule has 1 aromatic carbocycles. The summed E-state index contributed by atoms with van der Waals surface area (Å²) in [4.78, 5) is 10.1. The van der Waals surface area contributed by atoms with Gasteiger partial charge in [0, 0.05) is 5.57 Å². The van der Waals surface area contributed by atoms with Gasteiger partial charge >= 0.3 is 0 Å². The van der Waals surface area contributed by atoms with Crippen LogP contribution in [0.3, 0.4) is 0 Å². The third-order valence-corrected chi connectivity index (χ3v) is 1.87. The lowest BCUT2D eigenvalue weighted by Gasteiger charge is -1.95. The number of benzene rings is 1. The van der Waals surface area contributed by atoms with Gasteiger partial charge in [0.1, 0.15) is 0 Å². The maximum Gasteiger partial charge on any atom is 0.177 e. The molecule has 0 spiro atoms. The molecule has 0 heterocycles. The van der Waals surface area contributed by atoms with Crippen molar-refractivity contribution in [2.75, 3.05) is 0 Å². The fourth-order valence-corrected chi connectivity index (χ4v) is 1.31. The van der Waals surface area contributed by atoms with Gasteiger partial charge in [-0.05, 0) is 22.9 Å². The predicted molar refractivity (Wildman–Crippen MR) is 48.1 cm³/mol. The van der Waals surface area contributed by atoms with Crippen LogP contribution in [0.4, 0.5) is 0 Å². The molecule has 56 valence electrons. The summed E-state index contributed by atoms with van der Waals surface area (Å²) in [6.07, 6.45) is 3.84. The van der Waals surface area contributed by atoms with Gasteiger partial charge in [0.2, 0.25) is 0 Å². The van der Waals surface area contributed by atoms with Gasteiger partial charge in [0.15, 0.2) is 5.94 Å². The highest BCUT2D eigenvalue weighted by Crippen LogP contribution is 2.27. The summed E-state index contributed by atoms with van der Waals surface area (Å²) in [5.74, 6) is 1.66. The Balaban J connectivity index is 2.72. The number of allylic oxidation sites excluding steroid dienone is 2. The van der Waals surface area contributed by atoms with Gasteiger partial charge < -0.3 is 0 Å². The number of hydrogen-bond donors (Lipinski definition) is 0. The third-order valence-electron chi connectivity index (χ3n) is 1.87. The first-order valence-electron chi connectivity index (χ1n) is 3.69. The predicted octanol–water partition coefficient (Wildman–Crippen LogP) is 2.08. The summed E-state index contributed by atoms with van der Waals surface area (Å²) in [6.45, 7) is 0.